The Hall–Kier alpha value is -8.61. The molecule has 0 fully saturated rings. The van der Waals surface area contributed by atoms with Crippen LogP contribution in [0.1, 0.15) is 0 Å². The van der Waals surface area contributed by atoms with E-state index < -0.39 is 0 Å². The fraction of sp³-hybridized carbons (Fsp3) is 0. The lowest BCUT2D eigenvalue weighted by Gasteiger charge is -2.49. The maximum Gasteiger partial charge on any atom is 0.261 e. The third kappa shape index (κ3) is 4.29. The predicted molar refractivity (Wildman–Crippen MR) is 272 cm³/mol. The van der Waals surface area contributed by atoms with Crippen LogP contribution >= 0.6 is 0 Å². The molecule has 66 heavy (non-hydrogen) atoms. The zero-order valence-electron chi connectivity index (χ0n) is 35.4. The van der Waals surface area contributed by atoms with E-state index >= 15 is 0 Å². The second kappa shape index (κ2) is 12.6. The topological polar surface area (TPSA) is 31.4 Å². The lowest BCUT2D eigenvalue weighted by atomic mass is 9.31. The molecule has 0 saturated heterocycles. The number of nitrogens with zero attached hydrogens (tertiary/aromatic N) is 4. The molecule has 0 aliphatic carbocycles. The second-order valence-corrected chi connectivity index (χ2v) is 17.9. The third-order valence-electron chi connectivity index (χ3n) is 14.7. The summed E-state index contributed by atoms with van der Waals surface area (Å²) < 4.78 is 14.0. The Kier molecular flexibility index (Phi) is 6.62. The van der Waals surface area contributed by atoms with Gasteiger partial charge in [0.15, 0.2) is 0 Å². The summed E-state index contributed by atoms with van der Waals surface area (Å²) >= 11 is 0. The van der Waals surface area contributed by atoms with Crippen LogP contribution in [-0.4, -0.2) is 13.4 Å². The van der Waals surface area contributed by atoms with Gasteiger partial charge in [0, 0.05) is 62.3 Å². The number of ether oxygens (including phenoxy) is 2. The van der Waals surface area contributed by atoms with Crippen LogP contribution in [0.15, 0.2) is 206 Å². The first-order chi connectivity index (χ1) is 32.8. The van der Waals surface area contributed by atoms with E-state index in [1.165, 1.54) is 49.5 Å². The van der Waals surface area contributed by atoms with Crippen molar-refractivity contribution in [2.24, 2.45) is 0 Å². The minimum Gasteiger partial charge on any atom is -0.458 e. The molecule has 0 N–H and O–H groups in total. The Morgan fingerprint density at radius 2 is 0.576 bits per heavy atom. The number of hydrogen-bond acceptors (Lipinski definition) is 6. The van der Waals surface area contributed by atoms with Crippen molar-refractivity contribution in [1.29, 1.82) is 0 Å². The fourth-order valence-electron chi connectivity index (χ4n) is 12.4. The summed E-state index contributed by atoms with van der Waals surface area (Å²) in [5.74, 6) is 3.60. The van der Waals surface area contributed by atoms with Gasteiger partial charge in [-0.05, 0) is 147 Å². The van der Waals surface area contributed by atoms with Crippen molar-refractivity contribution in [3.05, 3.63) is 206 Å². The number of fused-ring (bicyclic) bond motifs is 3. The minimum absolute atomic E-state index is 0.0856. The van der Waals surface area contributed by atoms with E-state index in [2.05, 4.69) is 226 Å². The molecule has 0 aromatic heterocycles. The van der Waals surface area contributed by atoms with Crippen molar-refractivity contribution in [3.8, 4) is 23.0 Å². The molecule has 0 unspecified atom stereocenters. The van der Waals surface area contributed by atoms with E-state index in [-0.39, 0.29) is 13.4 Å². The van der Waals surface area contributed by atoms with Crippen LogP contribution in [-0.2, 0) is 0 Å². The monoisotopic (exact) mass is 840 g/mol. The van der Waals surface area contributed by atoms with Crippen LogP contribution in [0.25, 0.3) is 10.8 Å². The third-order valence-corrected chi connectivity index (χ3v) is 14.7. The van der Waals surface area contributed by atoms with Crippen LogP contribution in [0.4, 0.5) is 68.2 Å². The Labute approximate surface area is 381 Å². The molecular weight excluding hydrogens is 806 g/mol. The maximum absolute atomic E-state index is 6.99. The number of anilines is 12. The number of hydrogen-bond donors (Lipinski definition) is 0. The summed E-state index contributed by atoms with van der Waals surface area (Å²) in [6.07, 6.45) is 0. The van der Waals surface area contributed by atoms with Gasteiger partial charge in [0.05, 0.1) is 11.4 Å². The van der Waals surface area contributed by atoms with Gasteiger partial charge in [-0.3, -0.25) is 0 Å². The molecule has 0 saturated carbocycles. The Morgan fingerprint density at radius 1 is 0.273 bits per heavy atom. The normalized spacial score (nSPS) is 14.4. The first-order valence-electron chi connectivity index (χ1n) is 22.8. The van der Waals surface area contributed by atoms with Gasteiger partial charge in [0.25, 0.3) is 13.4 Å². The van der Waals surface area contributed by atoms with Crippen LogP contribution in [0.3, 0.4) is 0 Å². The second-order valence-electron chi connectivity index (χ2n) is 17.9. The highest BCUT2D eigenvalue weighted by molar-refractivity contribution is 7.03. The molecule has 10 aromatic carbocycles. The van der Waals surface area contributed by atoms with Crippen molar-refractivity contribution in [1.82, 2.24) is 0 Å². The molecule has 0 amide bonds. The molecule has 0 spiro atoms. The lowest BCUT2D eigenvalue weighted by Crippen LogP contribution is -2.64. The summed E-state index contributed by atoms with van der Waals surface area (Å²) in [6, 6.07) is 74.9. The van der Waals surface area contributed by atoms with Gasteiger partial charge in [-0.15, -0.1) is 0 Å². The van der Waals surface area contributed by atoms with Gasteiger partial charge in [0.2, 0.25) is 0 Å². The standard InChI is InChI=1S/C58H34B2N4O2/c1-5-17-36(18-6-1)61-40-25-13-29-46-51(40)59-53-42(27-15-31-48(53)65-46)63(38-21-9-3-10-22-38)57-50-35(33-44(61)55(57)59)34-45-56-58(50)64(39-23-11-4-12-24-39)43-28-16-32-49-54(43)60(56)52-41(26-14-30-47(52)66-49)62(45)37-19-7-2-8-20-37/h1-34H. The average molecular weight is 841 g/mol. The molecule has 0 radical (unpaired) electrons. The summed E-state index contributed by atoms with van der Waals surface area (Å²) in [4.78, 5) is 10.0. The fourth-order valence-corrected chi connectivity index (χ4v) is 12.4. The molecular formula is C58H34B2N4O2. The van der Waals surface area contributed by atoms with Crippen LogP contribution in [0.5, 0.6) is 23.0 Å². The van der Waals surface area contributed by atoms with Crippen LogP contribution < -0.4 is 61.9 Å². The highest BCUT2D eigenvalue weighted by Crippen LogP contribution is 2.56. The van der Waals surface area contributed by atoms with Crippen LogP contribution in [0.2, 0.25) is 0 Å². The van der Waals surface area contributed by atoms with E-state index in [1.54, 1.807) is 0 Å². The average Bonchev–Trinajstić information content (AvgIpc) is 3.37. The first kappa shape index (κ1) is 34.8. The molecule has 6 aliphatic rings. The summed E-state index contributed by atoms with van der Waals surface area (Å²) in [5, 5.41) is 2.35. The number of para-hydroxylation sites is 4. The number of rotatable bonds is 4. The molecule has 0 atom stereocenters. The first-order valence-corrected chi connectivity index (χ1v) is 22.8. The molecule has 6 nitrogen and oxygen atoms in total. The largest absolute Gasteiger partial charge is 0.458 e. The maximum atomic E-state index is 6.99. The zero-order chi connectivity index (χ0) is 42.8. The molecule has 6 heterocycles. The molecule has 304 valence electrons. The Balaban J connectivity index is 1.15. The highest BCUT2D eigenvalue weighted by atomic mass is 16.5. The zero-order valence-corrected chi connectivity index (χ0v) is 35.4. The highest BCUT2D eigenvalue weighted by Gasteiger charge is 2.53. The molecule has 16 rings (SSSR count). The lowest BCUT2D eigenvalue weighted by molar-refractivity contribution is 0.487. The smallest absolute Gasteiger partial charge is 0.261 e. The molecule has 0 bridgehead atoms. The quantitative estimate of drug-likeness (QED) is 0.164. The summed E-state index contributed by atoms with van der Waals surface area (Å²) in [6.45, 7) is -0.171. The van der Waals surface area contributed by atoms with Crippen LogP contribution in [0, 0.1) is 0 Å². The van der Waals surface area contributed by atoms with E-state index in [0.717, 1.165) is 85.3 Å². The SMILES string of the molecule is c1ccc(N2c3cccc4c3B3c5c(cccc5N(c5ccccc5)c5c3c2cc2cc3c6c(c52)N(c2ccccc2)c2cccc5c2B6c2c(cccc2N3c2ccccc2)O5)O4)cc1. The molecule has 6 aliphatic heterocycles. The van der Waals surface area contributed by atoms with E-state index in [0.29, 0.717) is 0 Å². The Bertz CT molecular complexity index is 3480. The van der Waals surface area contributed by atoms with Crippen molar-refractivity contribution in [2.45, 2.75) is 0 Å². The van der Waals surface area contributed by atoms with Gasteiger partial charge in [-0.2, -0.15) is 0 Å². The van der Waals surface area contributed by atoms with Crippen molar-refractivity contribution >= 4 is 125 Å². The van der Waals surface area contributed by atoms with Gasteiger partial charge < -0.3 is 29.1 Å². The number of benzene rings is 10. The minimum atomic E-state index is -0.0856. The van der Waals surface area contributed by atoms with Crippen molar-refractivity contribution < 1.29 is 9.47 Å². The predicted octanol–water partition coefficient (Wildman–Crippen LogP) is 11.2. The van der Waals surface area contributed by atoms with Gasteiger partial charge in [-0.1, -0.05) is 97.1 Å². The Morgan fingerprint density at radius 3 is 0.909 bits per heavy atom. The van der Waals surface area contributed by atoms with Crippen molar-refractivity contribution in [3.63, 3.8) is 0 Å². The molecule has 10 aromatic rings. The van der Waals surface area contributed by atoms with E-state index in [1.807, 2.05) is 0 Å². The van der Waals surface area contributed by atoms with Gasteiger partial charge in [0.1, 0.15) is 23.0 Å². The summed E-state index contributed by atoms with van der Waals surface area (Å²) in [5.41, 5.74) is 20.9. The van der Waals surface area contributed by atoms with Gasteiger partial charge >= 0.3 is 0 Å². The van der Waals surface area contributed by atoms with Gasteiger partial charge in [-0.25, -0.2) is 0 Å². The van der Waals surface area contributed by atoms with E-state index in [9.17, 15) is 0 Å². The molecule has 8 heteroatoms. The van der Waals surface area contributed by atoms with Crippen molar-refractivity contribution in [2.75, 3.05) is 19.6 Å². The summed E-state index contributed by atoms with van der Waals surface area (Å²) in [7, 11) is 0. The van der Waals surface area contributed by atoms with E-state index in [4.69, 9.17) is 9.47 Å².